The molecule has 2 nitrogen and oxygen atoms in total. The Labute approximate surface area is 124 Å². The van der Waals surface area contributed by atoms with Crippen LogP contribution < -0.4 is 5.32 Å². The van der Waals surface area contributed by atoms with Crippen molar-refractivity contribution < 1.29 is 0 Å². The smallest absolute Gasteiger partial charge is 0.0309 e. The van der Waals surface area contributed by atoms with Gasteiger partial charge in [-0.3, -0.25) is 4.90 Å². The monoisotopic (exact) mass is 284 g/mol. The van der Waals surface area contributed by atoms with Crippen LogP contribution in [0.4, 0.5) is 0 Å². The van der Waals surface area contributed by atoms with E-state index in [0.29, 0.717) is 5.54 Å². The van der Waals surface area contributed by atoms with Crippen molar-refractivity contribution >= 4 is 11.8 Å². The molecule has 1 heterocycles. The zero-order valence-corrected chi connectivity index (χ0v) is 13.9. The summed E-state index contributed by atoms with van der Waals surface area (Å²) in [6.07, 6.45) is 11.9. The zero-order chi connectivity index (χ0) is 13.7. The highest BCUT2D eigenvalue weighted by Crippen LogP contribution is 2.33. The molecule has 0 bridgehead atoms. The van der Waals surface area contributed by atoms with Crippen LogP contribution in [0.3, 0.4) is 0 Å². The molecular formula is C16H32N2S. The molecule has 2 aliphatic rings. The molecule has 2 rings (SSSR count). The summed E-state index contributed by atoms with van der Waals surface area (Å²) >= 11 is 2.01. The Morgan fingerprint density at radius 1 is 1.26 bits per heavy atom. The van der Waals surface area contributed by atoms with Crippen LogP contribution in [0.25, 0.3) is 0 Å². The largest absolute Gasteiger partial charge is 0.308 e. The van der Waals surface area contributed by atoms with Crippen molar-refractivity contribution in [1.29, 1.82) is 0 Å². The maximum Gasteiger partial charge on any atom is 0.0309 e. The topological polar surface area (TPSA) is 15.3 Å². The van der Waals surface area contributed by atoms with Gasteiger partial charge in [0.2, 0.25) is 0 Å². The highest BCUT2D eigenvalue weighted by Gasteiger charge is 2.41. The summed E-state index contributed by atoms with van der Waals surface area (Å²) in [6, 6.07) is 1.53. The average molecular weight is 285 g/mol. The van der Waals surface area contributed by atoms with Crippen molar-refractivity contribution in [3.63, 3.8) is 0 Å². The maximum atomic E-state index is 3.94. The summed E-state index contributed by atoms with van der Waals surface area (Å²) in [5.74, 6) is 1.29. The van der Waals surface area contributed by atoms with E-state index in [1.54, 1.807) is 0 Å². The van der Waals surface area contributed by atoms with E-state index in [2.05, 4.69) is 30.3 Å². The molecule has 112 valence electrons. The average Bonchev–Trinajstić information content (AvgIpc) is 2.45. The molecule has 2 atom stereocenters. The number of rotatable bonds is 5. The number of nitrogens with one attached hydrogen (secondary N) is 1. The van der Waals surface area contributed by atoms with Crippen LogP contribution in [0.2, 0.25) is 0 Å². The molecule has 3 heteroatoms. The molecule has 0 aromatic heterocycles. The first-order valence-corrected chi connectivity index (χ1v) is 9.63. The van der Waals surface area contributed by atoms with Crippen LogP contribution in [-0.2, 0) is 0 Å². The van der Waals surface area contributed by atoms with E-state index < -0.39 is 0 Å². The molecule has 1 aliphatic heterocycles. The number of piperazine rings is 1. The van der Waals surface area contributed by atoms with Crippen LogP contribution in [0.5, 0.6) is 0 Å². The van der Waals surface area contributed by atoms with E-state index >= 15 is 0 Å². The molecule has 0 aromatic rings. The first kappa shape index (κ1) is 15.7. The SMILES string of the molecule is CCC1CNC2(CCCCC2)CN1C(CC)CSC. The summed E-state index contributed by atoms with van der Waals surface area (Å²) < 4.78 is 0. The Kier molecular flexibility index (Phi) is 6.04. The summed E-state index contributed by atoms with van der Waals surface area (Å²) in [7, 11) is 0. The van der Waals surface area contributed by atoms with Crippen molar-refractivity contribution in [2.75, 3.05) is 25.1 Å². The van der Waals surface area contributed by atoms with E-state index in [0.717, 1.165) is 12.1 Å². The number of nitrogens with zero attached hydrogens (tertiary/aromatic N) is 1. The van der Waals surface area contributed by atoms with Gasteiger partial charge in [-0.25, -0.2) is 0 Å². The molecule has 0 amide bonds. The minimum absolute atomic E-state index is 0.454. The third kappa shape index (κ3) is 3.68. The van der Waals surface area contributed by atoms with Crippen molar-refractivity contribution in [3.05, 3.63) is 0 Å². The Balaban J connectivity index is 2.07. The molecule has 1 N–H and O–H groups in total. The summed E-state index contributed by atoms with van der Waals surface area (Å²) in [5, 5.41) is 3.94. The Hall–Kier alpha value is 0.270. The Morgan fingerprint density at radius 2 is 2.00 bits per heavy atom. The quantitative estimate of drug-likeness (QED) is 0.831. The lowest BCUT2D eigenvalue weighted by Gasteiger charge is -2.52. The molecule has 0 aromatic carbocycles. The van der Waals surface area contributed by atoms with Gasteiger partial charge >= 0.3 is 0 Å². The van der Waals surface area contributed by atoms with Gasteiger partial charge in [0, 0.05) is 36.5 Å². The predicted molar refractivity (Wildman–Crippen MR) is 87.1 cm³/mol. The molecule has 0 radical (unpaired) electrons. The molecule has 1 saturated heterocycles. The lowest BCUT2D eigenvalue weighted by atomic mass is 9.78. The zero-order valence-electron chi connectivity index (χ0n) is 13.1. The van der Waals surface area contributed by atoms with E-state index in [1.165, 1.54) is 63.8 Å². The highest BCUT2D eigenvalue weighted by molar-refractivity contribution is 7.98. The highest BCUT2D eigenvalue weighted by atomic mass is 32.2. The second-order valence-electron chi connectivity index (χ2n) is 6.47. The molecule has 1 saturated carbocycles. The van der Waals surface area contributed by atoms with Crippen molar-refractivity contribution in [3.8, 4) is 0 Å². The minimum atomic E-state index is 0.454. The standard InChI is InChI=1S/C16H32N2S/c1-4-14-11-17-16(9-7-6-8-10-16)13-18(14)15(5-2)12-19-3/h14-15,17H,4-13H2,1-3H3. The molecule has 2 fully saturated rings. The third-order valence-electron chi connectivity index (χ3n) is 5.25. The molecular weight excluding hydrogens is 252 g/mol. The normalized spacial score (nSPS) is 29.5. The van der Waals surface area contributed by atoms with E-state index in [4.69, 9.17) is 0 Å². The van der Waals surface area contributed by atoms with Crippen LogP contribution in [0.1, 0.15) is 58.8 Å². The number of hydrogen-bond acceptors (Lipinski definition) is 3. The summed E-state index contributed by atoms with van der Waals surface area (Å²) in [6.45, 7) is 7.22. The Morgan fingerprint density at radius 3 is 2.58 bits per heavy atom. The Bertz CT molecular complexity index is 263. The molecule has 19 heavy (non-hydrogen) atoms. The predicted octanol–water partition coefficient (Wildman–Crippen LogP) is 3.51. The van der Waals surface area contributed by atoms with Gasteiger partial charge in [-0.05, 0) is 31.9 Å². The first-order valence-electron chi connectivity index (χ1n) is 8.24. The van der Waals surface area contributed by atoms with Gasteiger partial charge in [-0.15, -0.1) is 0 Å². The van der Waals surface area contributed by atoms with Crippen LogP contribution in [0.15, 0.2) is 0 Å². The fourth-order valence-electron chi connectivity index (χ4n) is 4.00. The second-order valence-corrected chi connectivity index (χ2v) is 7.38. The van der Waals surface area contributed by atoms with E-state index in [-0.39, 0.29) is 0 Å². The van der Waals surface area contributed by atoms with Crippen LogP contribution in [-0.4, -0.2) is 47.6 Å². The van der Waals surface area contributed by atoms with E-state index in [1.807, 2.05) is 11.8 Å². The fourth-order valence-corrected chi connectivity index (χ4v) is 4.81. The fraction of sp³-hybridized carbons (Fsp3) is 1.00. The first-order chi connectivity index (χ1) is 9.24. The third-order valence-corrected chi connectivity index (χ3v) is 5.97. The maximum absolute atomic E-state index is 3.94. The van der Waals surface area contributed by atoms with Crippen LogP contribution in [0, 0.1) is 0 Å². The minimum Gasteiger partial charge on any atom is -0.308 e. The van der Waals surface area contributed by atoms with Gasteiger partial charge in [0.15, 0.2) is 0 Å². The van der Waals surface area contributed by atoms with Crippen molar-refractivity contribution in [2.45, 2.75) is 76.4 Å². The lowest BCUT2D eigenvalue weighted by Crippen LogP contribution is -2.66. The molecule has 2 unspecified atom stereocenters. The van der Waals surface area contributed by atoms with Gasteiger partial charge in [-0.1, -0.05) is 33.1 Å². The van der Waals surface area contributed by atoms with Gasteiger partial charge in [0.05, 0.1) is 0 Å². The van der Waals surface area contributed by atoms with Crippen molar-refractivity contribution in [1.82, 2.24) is 10.2 Å². The molecule has 1 aliphatic carbocycles. The van der Waals surface area contributed by atoms with Crippen molar-refractivity contribution in [2.24, 2.45) is 0 Å². The van der Waals surface area contributed by atoms with E-state index in [9.17, 15) is 0 Å². The lowest BCUT2D eigenvalue weighted by molar-refractivity contribution is 0.0279. The second kappa shape index (κ2) is 7.33. The number of thioether (sulfide) groups is 1. The molecule has 1 spiro atoms. The van der Waals surface area contributed by atoms with Gasteiger partial charge < -0.3 is 5.32 Å². The van der Waals surface area contributed by atoms with Crippen LogP contribution >= 0.6 is 11.8 Å². The summed E-state index contributed by atoms with van der Waals surface area (Å²) in [4.78, 5) is 2.86. The summed E-state index contributed by atoms with van der Waals surface area (Å²) in [5.41, 5.74) is 0.454. The van der Waals surface area contributed by atoms with Gasteiger partial charge in [0.25, 0.3) is 0 Å². The number of hydrogen-bond donors (Lipinski definition) is 1. The van der Waals surface area contributed by atoms with Gasteiger partial charge in [0.1, 0.15) is 0 Å². The van der Waals surface area contributed by atoms with Gasteiger partial charge in [-0.2, -0.15) is 11.8 Å².